The maximum atomic E-state index is 10.5. The van der Waals surface area contributed by atoms with E-state index < -0.39 is 11.9 Å². The number of unbranched alkanes of at least 4 members (excludes halogenated alkanes) is 9. The van der Waals surface area contributed by atoms with Gasteiger partial charge in [-0.25, -0.2) is 0 Å². The Bertz CT molecular complexity index is 837. The van der Waals surface area contributed by atoms with Crippen molar-refractivity contribution in [3.05, 3.63) is 59.7 Å². The first kappa shape index (κ1) is 31.1. The second kappa shape index (κ2) is 20.3. The Balaban J connectivity index is 0.000000427. The second-order valence-corrected chi connectivity index (χ2v) is 10.8. The summed E-state index contributed by atoms with van der Waals surface area (Å²) in [5.41, 5.74) is 2.49. The smallest absolute Gasteiger partial charge is 0.313 e. The number of rotatable bonds is 17. The van der Waals surface area contributed by atoms with E-state index in [1.54, 1.807) is 0 Å². The van der Waals surface area contributed by atoms with Crippen molar-refractivity contribution < 1.29 is 19.8 Å². The molecule has 4 nitrogen and oxygen atoms in total. The lowest BCUT2D eigenvalue weighted by Crippen LogP contribution is -1.97. The summed E-state index contributed by atoms with van der Waals surface area (Å²) in [6.45, 7) is 4.24. The molecule has 0 aliphatic carbocycles. The molecule has 0 spiro atoms. The normalized spacial score (nSPS) is 10.5. The molecular formula is C29H42O4S2. The van der Waals surface area contributed by atoms with Crippen LogP contribution in [0.3, 0.4) is 0 Å². The summed E-state index contributed by atoms with van der Waals surface area (Å²) in [6.07, 6.45) is 14.8. The van der Waals surface area contributed by atoms with Crippen LogP contribution >= 0.6 is 23.5 Å². The molecule has 0 unspecified atom stereocenters. The lowest BCUT2D eigenvalue weighted by molar-refractivity contribution is -0.134. The molecule has 0 aliphatic heterocycles. The quantitative estimate of drug-likeness (QED) is 0.161. The number of thioether (sulfide) groups is 2. The Morgan fingerprint density at radius 3 is 1.74 bits per heavy atom. The SMILES string of the molecule is CCCCCCCCCCCCc1ccc(SCC(=O)O)cc1.Cc1ccccc1SCC(=O)O. The van der Waals surface area contributed by atoms with E-state index in [0.29, 0.717) is 0 Å². The van der Waals surface area contributed by atoms with Gasteiger partial charge in [0.25, 0.3) is 0 Å². The van der Waals surface area contributed by atoms with Crippen LogP contribution in [-0.4, -0.2) is 33.7 Å². The van der Waals surface area contributed by atoms with Crippen molar-refractivity contribution in [1.82, 2.24) is 0 Å². The van der Waals surface area contributed by atoms with Crippen LogP contribution in [0.15, 0.2) is 58.3 Å². The molecule has 194 valence electrons. The number of carbonyl (C=O) groups is 2. The number of aryl methyl sites for hydroxylation is 2. The van der Waals surface area contributed by atoms with Crippen LogP contribution in [0.25, 0.3) is 0 Å². The average molecular weight is 519 g/mol. The van der Waals surface area contributed by atoms with Gasteiger partial charge >= 0.3 is 11.9 Å². The molecule has 2 aromatic rings. The molecule has 2 N–H and O–H groups in total. The minimum atomic E-state index is -0.775. The predicted octanol–water partition coefficient (Wildman–Crippen LogP) is 8.50. The van der Waals surface area contributed by atoms with E-state index in [2.05, 4.69) is 19.1 Å². The van der Waals surface area contributed by atoms with Crippen molar-refractivity contribution in [2.75, 3.05) is 11.5 Å². The minimum Gasteiger partial charge on any atom is -0.481 e. The van der Waals surface area contributed by atoms with Gasteiger partial charge in [0.1, 0.15) is 0 Å². The molecule has 0 amide bonds. The van der Waals surface area contributed by atoms with E-state index in [1.807, 2.05) is 43.3 Å². The van der Waals surface area contributed by atoms with Crippen LogP contribution in [-0.2, 0) is 16.0 Å². The molecule has 0 saturated carbocycles. The van der Waals surface area contributed by atoms with Crippen molar-refractivity contribution in [2.45, 2.75) is 94.3 Å². The summed E-state index contributed by atoms with van der Waals surface area (Å²) in [5.74, 6) is -1.27. The average Bonchev–Trinajstić information content (AvgIpc) is 2.84. The Morgan fingerprint density at radius 1 is 0.686 bits per heavy atom. The van der Waals surface area contributed by atoms with Gasteiger partial charge in [0, 0.05) is 9.79 Å². The highest BCUT2D eigenvalue weighted by Gasteiger charge is 2.02. The maximum absolute atomic E-state index is 10.5. The van der Waals surface area contributed by atoms with E-state index in [9.17, 15) is 9.59 Å². The number of aliphatic carboxylic acids is 2. The van der Waals surface area contributed by atoms with Gasteiger partial charge in [-0.2, -0.15) is 0 Å². The summed E-state index contributed by atoms with van der Waals surface area (Å²) in [4.78, 5) is 22.9. The van der Waals surface area contributed by atoms with Gasteiger partial charge in [-0.1, -0.05) is 95.0 Å². The van der Waals surface area contributed by atoms with Crippen LogP contribution in [0.5, 0.6) is 0 Å². The number of hydrogen-bond acceptors (Lipinski definition) is 4. The largest absolute Gasteiger partial charge is 0.481 e. The molecule has 0 heterocycles. The van der Waals surface area contributed by atoms with Crippen LogP contribution in [0.1, 0.15) is 82.3 Å². The third kappa shape index (κ3) is 17.2. The highest BCUT2D eigenvalue weighted by molar-refractivity contribution is 8.00. The zero-order valence-electron chi connectivity index (χ0n) is 21.3. The molecule has 2 rings (SSSR count). The number of carboxylic acid groups (broad SMARTS) is 2. The maximum Gasteiger partial charge on any atom is 0.313 e. The molecule has 35 heavy (non-hydrogen) atoms. The van der Waals surface area contributed by atoms with Crippen LogP contribution in [0, 0.1) is 6.92 Å². The van der Waals surface area contributed by atoms with Gasteiger partial charge in [-0.3, -0.25) is 9.59 Å². The lowest BCUT2D eigenvalue weighted by Gasteiger charge is -2.04. The highest BCUT2D eigenvalue weighted by atomic mass is 32.2. The van der Waals surface area contributed by atoms with Crippen LogP contribution in [0.4, 0.5) is 0 Å². The fourth-order valence-electron chi connectivity index (χ4n) is 3.57. The van der Waals surface area contributed by atoms with Crippen LogP contribution in [0.2, 0.25) is 0 Å². The van der Waals surface area contributed by atoms with Gasteiger partial charge in [0.05, 0.1) is 11.5 Å². The number of carboxylic acids is 2. The summed E-state index contributed by atoms with van der Waals surface area (Å²) in [6, 6.07) is 16.1. The number of benzene rings is 2. The van der Waals surface area contributed by atoms with Gasteiger partial charge in [0.15, 0.2) is 0 Å². The summed E-state index contributed by atoms with van der Waals surface area (Å²) >= 11 is 2.74. The molecule has 0 fully saturated rings. The fourth-order valence-corrected chi connectivity index (χ4v) is 4.94. The Kier molecular flexibility index (Phi) is 18.0. The van der Waals surface area contributed by atoms with E-state index in [1.165, 1.54) is 93.3 Å². The van der Waals surface area contributed by atoms with Gasteiger partial charge in [0.2, 0.25) is 0 Å². The Labute approximate surface area is 220 Å². The molecule has 0 atom stereocenters. The molecule has 0 bridgehead atoms. The molecule has 0 radical (unpaired) electrons. The monoisotopic (exact) mass is 518 g/mol. The Hall–Kier alpha value is -1.92. The predicted molar refractivity (Wildman–Crippen MR) is 150 cm³/mol. The van der Waals surface area contributed by atoms with Gasteiger partial charge in [-0.15, -0.1) is 23.5 Å². The van der Waals surface area contributed by atoms with E-state index in [0.717, 1.165) is 21.8 Å². The topological polar surface area (TPSA) is 74.6 Å². The zero-order valence-corrected chi connectivity index (χ0v) is 23.0. The first-order chi connectivity index (χ1) is 16.9. The van der Waals surface area contributed by atoms with Crippen molar-refractivity contribution in [2.24, 2.45) is 0 Å². The summed E-state index contributed by atoms with van der Waals surface area (Å²) in [5, 5.41) is 17.1. The second-order valence-electron chi connectivity index (χ2n) is 8.71. The lowest BCUT2D eigenvalue weighted by atomic mass is 10.0. The van der Waals surface area contributed by atoms with Crippen molar-refractivity contribution in [1.29, 1.82) is 0 Å². The fraction of sp³-hybridized carbons (Fsp3) is 0.517. The molecule has 6 heteroatoms. The standard InChI is InChI=1S/C20H32O2S.C9H10O2S/c1-2-3-4-5-6-7-8-9-10-11-12-18-13-15-19(16-14-18)23-17-20(21)22;1-7-4-2-3-5-8(7)12-6-9(10)11/h13-16H,2-12,17H2,1H3,(H,21,22);2-5H,6H2,1H3,(H,10,11). The van der Waals surface area contributed by atoms with Crippen molar-refractivity contribution >= 4 is 35.5 Å². The Morgan fingerprint density at radius 2 is 1.20 bits per heavy atom. The van der Waals surface area contributed by atoms with Gasteiger partial charge < -0.3 is 10.2 Å². The van der Waals surface area contributed by atoms with Crippen LogP contribution < -0.4 is 0 Å². The summed E-state index contributed by atoms with van der Waals surface area (Å²) < 4.78 is 0. The minimum absolute atomic E-state index is 0.130. The van der Waals surface area contributed by atoms with Crippen molar-refractivity contribution in [3.8, 4) is 0 Å². The summed E-state index contributed by atoms with van der Waals surface area (Å²) in [7, 11) is 0. The molecule has 0 aromatic heterocycles. The van der Waals surface area contributed by atoms with Crippen molar-refractivity contribution in [3.63, 3.8) is 0 Å². The third-order valence-electron chi connectivity index (χ3n) is 5.55. The number of hydrogen-bond donors (Lipinski definition) is 2. The van der Waals surface area contributed by atoms with E-state index in [4.69, 9.17) is 10.2 Å². The third-order valence-corrected chi connectivity index (χ3v) is 7.71. The van der Waals surface area contributed by atoms with E-state index >= 15 is 0 Å². The molecule has 2 aromatic carbocycles. The highest BCUT2D eigenvalue weighted by Crippen LogP contribution is 2.21. The zero-order chi connectivity index (χ0) is 25.7. The molecule has 0 saturated heterocycles. The van der Waals surface area contributed by atoms with Gasteiger partial charge in [-0.05, 0) is 49.1 Å². The first-order valence-electron chi connectivity index (χ1n) is 12.8. The van der Waals surface area contributed by atoms with E-state index in [-0.39, 0.29) is 11.5 Å². The first-order valence-corrected chi connectivity index (χ1v) is 14.7. The molecular weight excluding hydrogens is 476 g/mol. The molecule has 0 aliphatic rings.